The molecule has 98 valence electrons. The Morgan fingerprint density at radius 3 is 2.72 bits per heavy atom. The second-order valence-electron chi connectivity index (χ2n) is 4.72. The average Bonchev–Trinajstić information content (AvgIpc) is 2.39. The average molecular weight is 269 g/mol. The van der Waals surface area contributed by atoms with Gasteiger partial charge < -0.3 is 9.47 Å². The fourth-order valence-corrected chi connectivity index (χ4v) is 2.78. The first kappa shape index (κ1) is 13.5. The first-order valence-corrected chi connectivity index (χ1v) is 6.41. The molecule has 1 aromatic rings. The Bertz CT molecular complexity index is 420. The number of ether oxygens (including phenoxy) is 2. The van der Waals surface area contributed by atoms with Gasteiger partial charge in [-0.2, -0.15) is 0 Å². The SMILES string of the molecule is COCC1(c2cc(Cl)cc(C=O)c2)CCOCC1. The molecular formula is C14H17ClO3. The molecule has 1 heterocycles. The van der Waals surface area contributed by atoms with Gasteiger partial charge in [-0.05, 0) is 36.6 Å². The van der Waals surface area contributed by atoms with Crippen molar-refractivity contribution < 1.29 is 14.3 Å². The van der Waals surface area contributed by atoms with Crippen LogP contribution in [0.15, 0.2) is 18.2 Å². The van der Waals surface area contributed by atoms with Gasteiger partial charge in [0.15, 0.2) is 0 Å². The second-order valence-corrected chi connectivity index (χ2v) is 5.15. The molecule has 0 spiro atoms. The van der Waals surface area contributed by atoms with Gasteiger partial charge in [0.05, 0.1) is 6.61 Å². The maximum absolute atomic E-state index is 10.9. The Labute approximate surface area is 112 Å². The Hall–Kier alpha value is -0.900. The first-order valence-electron chi connectivity index (χ1n) is 6.03. The van der Waals surface area contributed by atoms with Crippen molar-refractivity contribution in [3.05, 3.63) is 34.3 Å². The van der Waals surface area contributed by atoms with Crippen molar-refractivity contribution in [3.8, 4) is 0 Å². The Balaban J connectivity index is 2.40. The fraction of sp³-hybridized carbons (Fsp3) is 0.500. The molecule has 0 aromatic heterocycles. The molecule has 0 atom stereocenters. The van der Waals surface area contributed by atoms with Crippen LogP contribution in [0.3, 0.4) is 0 Å². The Kier molecular flexibility index (Phi) is 4.38. The number of methoxy groups -OCH3 is 1. The van der Waals surface area contributed by atoms with Gasteiger partial charge in [-0.1, -0.05) is 11.6 Å². The lowest BCUT2D eigenvalue weighted by Crippen LogP contribution is -2.38. The molecule has 0 amide bonds. The van der Waals surface area contributed by atoms with Crippen LogP contribution >= 0.6 is 11.6 Å². The number of hydrogen-bond donors (Lipinski definition) is 0. The van der Waals surface area contributed by atoms with Gasteiger partial charge in [-0.15, -0.1) is 0 Å². The summed E-state index contributed by atoms with van der Waals surface area (Å²) in [5.41, 5.74) is 1.59. The van der Waals surface area contributed by atoms with Gasteiger partial charge in [0.2, 0.25) is 0 Å². The zero-order valence-corrected chi connectivity index (χ0v) is 11.2. The molecule has 0 N–H and O–H groups in total. The molecule has 4 heteroatoms. The van der Waals surface area contributed by atoms with Gasteiger partial charge in [0.25, 0.3) is 0 Å². The van der Waals surface area contributed by atoms with Crippen LogP contribution in [0.25, 0.3) is 0 Å². The number of carbonyl (C=O) groups excluding carboxylic acids is 1. The molecular weight excluding hydrogens is 252 g/mol. The molecule has 1 fully saturated rings. The van der Waals surface area contributed by atoms with Crippen molar-refractivity contribution in [2.45, 2.75) is 18.3 Å². The maximum atomic E-state index is 10.9. The molecule has 1 aliphatic heterocycles. The van der Waals surface area contributed by atoms with Crippen LogP contribution < -0.4 is 0 Å². The highest BCUT2D eigenvalue weighted by Gasteiger charge is 2.35. The highest BCUT2D eigenvalue weighted by Crippen LogP contribution is 2.36. The van der Waals surface area contributed by atoms with Crippen molar-refractivity contribution in [1.82, 2.24) is 0 Å². The fourth-order valence-electron chi connectivity index (χ4n) is 2.54. The summed E-state index contributed by atoms with van der Waals surface area (Å²) in [5.74, 6) is 0. The van der Waals surface area contributed by atoms with E-state index in [1.54, 1.807) is 13.2 Å². The summed E-state index contributed by atoms with van der Waals surface area (Å²) in [6.07, 6.45) is 2.61. The summed E-state index contributed by atoms with van der Waals surface area (Å²) >= 11 is 6.08. The minimum Gasteiger partial charge on any atom is -0.384 e. The smallest absolute Gasteiger partial charge is 0.150 e. The standard InChI is InChI=1S/C14H17ClO3/c1-17-10-14(2-4-18-5-3-14)12-6-11(9-16)7-13(15)8-12/h6-9H,2-5,10H2,1H3. The van der Waals surface area contributed by atoms with E-state index >= 15 is 0 Å². The van der Waals surface area contributed by atoms with E-state index in [0.717, 1.165) is 24.7 Å². The molecule has 3 nitrogen and oxygen atoms in total. The minimum absolute atomic E-state index is 0.0876. The van der Waals surface area contributed by atoms with E-state index < -0.39 is 0 Å². The lowest BCUT2D eigenvalue weighted by atomic mass is 9.74. The normalized spacial score (nSPS) is 18.6. The molecule has 0 aliphatic carbocycles. The maximum Gasteiger partial charge on any atom is 0.150 e. The number of halogens is 1. The van der Waals surface area contributed by atoms with Crippen LogP contribution in [-0.2, 0) is 14.9 Å². The summed E-state index contributed by atoms with van der Waals surface area (Å²) in [4.78, 5) is 10.9. The summed E-state index contributed by atoms with van der Waals surface area (Å²) < 4.78 is 10.8. The summed E-state index contributed by atoms with van der Waals surface area (Å²) in [5, 5.41) is 0.594. The zero-order valence-electron chi connectivity index (χ0n) is 10.4. The predicted octanol–water partition coefficient (Wildman–Crippen LogP) is 2.85. The Morgan fingerprint density at radius 2 is 2.11 bits per heavy atom. The van der Waals surface area contributed by atoms with Gasteiger partial charge >= 0.3 is 0 Å². The van der Waals surface area contributed by atoms with Crippen molar-refractivity contribution >= 4 is 17.9 Å². The van der Waals surface area contributed by atoms with E-state index in [0.29, 0.717) is 30.4 Å². The highest BCUT2D eigenvalue weighted by molar-refractivity contribution is 6.30. The van der Waals surface area contributed by atoms with E-state index in [2.05, 4.69) is 0 Å². The lowest BCUT2D eigenvalue weighted by molar-refractivity contribution is 0.0136. The molecule has 1 aliphatic rings. The summed E-state index contributed by atoms with van der Waals surface area (Å²) in [7, 11) is 1.70. The molecule has 0 bridgehead atoms. The monoisotopic (exact) mass is 268 g/mol. The van der Waals surface area contributed by atoms with Crippen LogP contribution in [-0.4, -0.2) is 33.2 Å². The number of benzene rings is 1. The van der Waals surface area contributed by atoms with Crippen LogP contribution in [0.4, 0.5) is 0 Å². The number of aldehydes is 1. The number of rotatable bonds is 4. The third-order valence-electron chi connectivity index (χ3n) is 3.54. The predicted molar refractivity (Wildman–Crippen MR) is 70.4 cm³/mol. The molecule has 0 saturated carbocycles. The molecule has 2 rings (SSSR count). The van der Waals surface area contributed by atoms with Gasteiger partial charge in [-0.3, -0.25) is 4.79 Å². The third kappa shape index (κ3) is 2.74. The van der Waals surface area contributed by atoms with Crippen LogP contribution in [0, 0.1) is 0 Å². The van der Waals surface area contributed by atoms with E-state index in [9.17, 15) is 4.79 Å². The van der Waals surface area contributed by atoms with E-state index in [4.69, 9.17) is 21.1 Å². The van der Waals surface area contributed by atoms with Crippen molar-refractivity contribution in [2.75, 3.05) is 26.9 Å². The molecule has 18 heavy (non-hydrogen) atoms. The van der Waals surface area contributed by atoms with Crippen LogP contribution in [0.2, 0.25) is 5.02 Å². The van der Waals surface area contributed by atoms with Crippen molar-refractivity contribution in [1.29, 1.82) is 0 Å². The minimum atomic E-state index is -0.0876. The molecule has 0 unspecified atom stereocenters. The topological polar surface area (TPSA) is 35.5 Å². The molecule has 1 saturated heterocycles. The Morgan fingerprint density at radius 1 is 1.39 bits per heavy atom. The van der Waals surface area contributed by atoms with Crippen LogP contribution in [0.1, 0.15) is 28.8 Å². The number of carbonyl (C=O) groups is 1. The summed E-state index contributed by atoms with van der Waals surface area (Å²) in [6, 6.07) is 5.51. The molecule has 0 radical (unpaired) electrons. The van der Waals surface area contributed by atoms with E-state index in [1.807, 2.05) is 12.1 Å². The first-order chi connectivity index (χ1) is 8.70. The van der Waals surface area contributed by atoms with Gasteiger partial charge in [0.1, 0.15) is 6.29 Å². The summed E-state index contributed by atoms with van der Waals surface area (Å²) in [6.45, 7) is 2.05. The van der Waals surface area contributed by atoms with E-state index in [1.165, 1.54) is 0 Å². The lowest BCUT2D eigenvalue weighted by Gasteiger charge is -2.37. The molecule has 1 aromatic carbocycles. The van der Waals surface area contributed by atoms with Gasteiger partial charge in [-0.25, -0.2) is 0 Å². The zero-order chi connectivity index (χ0) is 13.0. The highest BCUT2D eigenvalue weighted by atomic mass is 35.5. The largest absolute Gasteiger partial charge is 0.384 e. The third-order valence-corrected chi connectivity index (χ3v) is 3.76. The van der Waals surface area contributed by atoms with Gasteiger partial charge in [0, 0.05) is 36.3 Å². The number of hydrogen-bond acceptors (Lipinski definition) is 3. The van der Waals surface area contributed by atoms with Crippen molar-refractivity contribution in [2.24, 2.45) is 0 Å². The van der Waals surface area contributed by atoms with E-state index in [-0.39, 0.29) is 5.41 Å². The van der Waals surface area contributed by atoms with Crippen molar-refractivity contribution in [3.63, 3.8) is 0 Å². The quantitative estimate of drug-likeness (QED) is 0.788. The van der Waals surface area contributed by atoms with Crippen LogP contribution in [0.5, 0.6) is 0 Å². The second kappa shape index (κ2) is 5.83.